The van der Waals surface area contributed by atoms with Gasteiger partial charge in [-0.15, -0.1) is 0 Å². The lowest BCUT2D eigenvalue weighted by atomic mass is 9.98. The number of aryl methyl sites for hydroxylation is 1. The molecule has 0 radical (unpaired) electrons. The van der Waals surface area contributed by atoms with Crippen molar-refractivity contribution in [3.05, 3.63) is 59.0 Å². The first kappa shape index (κ1) is 13.5. The first-order chi connectivity index (χ1) is 9.10. The Morgan fingerprint density at radius 3 is 2.74 bits per heavy atom. The van der Waals surface area contributed by atoms with Crippen molar-refractivity contribution in [3.63, 3.8) is 0 Å². The molecule has 0 bridgehead atoms. The van der Waals surface area contributed by atoms with E-state index >= 15 is 0 Å². The van der Waals surface area contributed by atoms with Gasteiger partial charge in [0.25, 0.3) is 0 Å². The van der Waals surface area contributed by atoms with Crippen LogP contribution in [0.25, 0.3) is 0 Å². The zero-order valence-electron chi connectivity index (χ0n) is 10.9. The number of hydrogen-bond acceptors (Lipinski definition) is 3. The standard InChI is InChI=1S/C15H16FNO2/c1-10-3-5-12(16)8-13(10)14(18)7-11-4-6-15(19-2)17-9-11/h3-6,8-9,14,18H,7H2,1-2H3. The van der Waals surface area contributed by atoms with Crippen LogP contribution < -0.4 is 4.74 Å². The highest BCUT2D eigenvalue weighted by Crippen LogP contribution is 2.22. The van der Waals surface area contributed by atoms with Gasteiger partial charge in [-0.2, -0.15) is 0 Å². The number of hydrogen-bond donors (Lipinski definition) is 1. The largest absolute Gasteiger partial charge is 0.481 e. The first-order valence-electron chi connectivity index (χ1n) is 6.03. The minimum Gasteiger partial charge on any atom is -0.481 e. The molecule has 2 aromatic rings. The summed E-state index contributed by atoms with van der Waals surface area (Å²) in [6.07, 6.45) is 1.30. The zero-order valence-corrected chi connectivity index (χ0v) is 10.9. The molecule has 4 heteroatoms. The maximum atomic E-state index is 13.2. The van der Waals surface area contributed by atoms with E-state index in [9.17, 15) is 9.50 Å². The van der Waals surface area contributed by atoms with Gasteiger partial charge in [-0.1, -0.05) is 12.1 Å². The van der Waals surface area contributed by atoms with Gasteiger partial charge in [0.2, 0.25) is 5.88 Å². The molecular weight excluding hydrogens is 245 g/mol. The highest BCUT2D eigenvalue weighted by atomic mass is 19.1. The van der Waals surface area contributed by atoms with Gasteiger partial charge in [0.05, 0.1) is 13.2 Å². The minimum absolute atomic E-state index is 0.340. The van der Waals surface area contributed by atoms with Gasteiger partial charge < -0.3 is 9.84 Å². The van der Waals surface area contributed by atoms with Crippen LogP contribution in [0, 0.1) is 12.7 Å². The molecule has 0 aliphatic heterocycles. The first-order valence-corrected chi connectivity index (χ1v) is 6.03. The Morgan fingerprint density at radius 1 is 1.32 bits per heavy atom. The molecule has 0 amide bonds. The van der Waals surface area contributed by atoms with Crippen molar-refractivity contribution in [1.82, 2.24) is 4.98 Å². The third kappa shape index (κ3) is 3.29. The maximum absolute atomic E-state index is 13.2. The molecule has 1 N–H and O–H groups in total. The Balaban J connectivity index is 2.15. The number of halogens is 1. The second-order valence-electron chi connectivity index (χ2n) is 4.43. The van der Waals surface area contributed by atoms with Gasteiger partial charge in [-0.3, -0.25) is 0 Å². The van der Waals surface area contributed by atoms with Crippen molar-refractivity contribution in [2.75, 3.05) is 7.11 Å². The summed E-state index contributed by atoms with van der Waals surface area (Å²) in [5.41, 5.74) is 2.35. The number of ether oxygens (including phenoxy) is 1. The Bertz CT molecular complexity index is 555. The summed E-state index contributed by atoms with van der Waals surface area (Å²) in [7, 11) is 1.55. The zero-order chi connectivity index (χ0) is 13.8. The number of nitrogens with zero attached hydrogens (tertiary/aromatic N) is 1. The van der Waals surface area contributed by atoms with E-state index in [0.29, 0.717) is 17.9 Å². The Kier molecular flexibility index (Phi) is 4.12. The Hall–Kier alpha value is -1.94. The molecule has 0 spiro atoms. The Morgan fingerprint density at radius 2 is 2.11 bits per heavy atom. The highest BCUT2D eigenvalue weighted by molar-refractivity contribution is 5.30. The predicted molar refractivity (Wildman–Crippen MR) is 70.6 cm³/mol. The topological polar surface area (TPSA) is 42.4 Å². The molecule has 3 nitrogen and oxygen atoms in total. The molecule has 1 unspecified atom stereocenters. The van der Waals surface area contributed by atoms with Gasteiger partial charge in [0.15, 0.2) is 0 Å². The van der Waals surface area contributed by atoms with Crippen LogP contribution >= 0.6 is 0 Å². The van der Waals surface area contributed by atoms with Crippen molar-refractivity contribution in [1.29, 1.82) is 0 Å². The Labute approximate surface area is 111 Å². The van der Waals surface area contributed by atoms with Gasteiger partial charge in [-0.05, 0) is 35.7 Å². The van der Waals surface area contributed by atoms with Gasteiger partial charge in [-0.25, -0.2) is 9.37 Å². The smallest absolute Gasteiger partial charge is 0.212 e. The molecular formula is C15H16FNO2. The van der Waals surface area contributed by atoms with E-state index in [1.54, 1.807) is 25.4 Å². The summed E-state index contributed by atoms with van der Waals surface area (Å²) in [6, 6.07) is 8.00. The van der Waals surface area contributed by atoms with Crippen molar-refractivity contribution in [3.8, 4) is 5.88 Å². The number of rotatable bonds is 4. The third-order valence-electron chi connectivity index (χ3n) is 3.04. The van der Waals surface area contributed by atoms with Crippen molar-refractivity contribution >= 4 is 0 Å². The highest BCUT2D eigenvalue weighted by Gasteiger charge is 2.12. The summed E-state index contributed by atoms with van der Waals surface area (Å²) < 4.78 is 18.2. The normalized spacial score (nSPS) is 12.2. The summed E-state index contributed by atoms with van der Waals surface area (Å²) in [5, 5.41) is 10.2. The van der Waals surface area contributed by atoms with Gasteiger partial charge in [0.1, 0.15) is 5.82 Å². The summed E-state index contributed by atoms with van der Waals surface area (Å²) in [6.45, 7) is 1.85. The monoisotopic (exact) mass is 261 g/mol. The molecule has 1 heterocycles. The van der Waals surface area contributed by atoms with Crippen LogP contribution in [0.2, 0.25) is 0 Å². The lowest BCUT2D eigenvalue weighted by molar-refractivity contribution is 0.177. The van der Waals surface area contributed by atoms with Crippen molar-refractivity contribution in [2.45, 2.75) is 19.4 Å². The number of aromatic nitrogens is 1. The van der Waals surface area contributed by atoms with Gasteiger partial charge >= 0.3 is 0 Å². The van der Waals surface area contributed by atoms with Crippen molar-refractivity contribution < 1.29 is 14.2 Å². The predicted octanol–water partition coefficient (Wildman–Crippen LogP) is 2.81. The molecule has 0 saturated heterocycles. The lowest BCUT2D eigenvalue weighted by Gasteiger charge is -2.14. The van der Waals surface area contributed by atoms with Crippen LogP contribution in [-0.2, 0) is 6.42 Å². The van der Waals surface area contributed by atoms with Gasteiger partial charge in [0, 0.05) is 18.7 Å². The molecule has 100 valence electrons. The number of aliphatic hydroxyl groups is 1. The summed E-state index contributed by atoms with van der Waals surface area (Å²) >= 11 is 0. The lowest BCUT2D eigenvalue weighted by Crippen LogP contribution is -2.05. The molecule has 0 aliphatic rings. The molecule has 0 saturated carbocycles. The fraction of sp³-hybridized carbons (Fsp3) is 0.267. The SMILES string of the molecule is COc1ccc(CC(O)c2cc(F)ccc2C)cn1. The van der Waals surface area contributed by atoms with Crippen LogP contribution in [0.15, 0.2) is 36.5 Å². The fourth-order valence-corrected chi connectivity index (χ4v) is 1.96. The van der Waals surface area contributed by atoms with E-state index in [4.69, 9.17) is 4.74 Å². The van der Waals surface area contributed by atoms with Crippen LogP contribution in [0.4, 0.5) is 4.39 Å². The minimum atomic E-state index is -0.745. The summed E-state index contributed by atoms with van der Waals surface area (Å²) in [5.74, 6) is 0.188. The second kappa shape index (κ2) is 5.80. The van der Waals surface area contributed by atoms with Crippen LogP contribution in [0.1, 0.15) is 22.8 Å². The average Bonchev–Trinajstić information content (AvgIpc) is 2.42. The van der Waals surface area contributed by atoms with E-state index < -0.39 is 6.10 Å². The average molecular weight is 261 g/mol. The quantitative estimate of drug-likeness (QED) is 0.920. The molecule has 1 atom stereocenters. The van der Waals surface area contributed by atoms with Crippen LogP contribution in [0.5, 0.6) is 5.88 Å². The second-order valence-corrected chi connectivity index (χ2v) is 4.43. The van der Waals surface area contributed by atoms with E-state index in [1.165, 1.54) is 12.1 Å². The molecule has 2 rings (SSSR count). The number of pyridine rings is 1. The third-order valence-corrected chi connectivity index (χ3v) is 3.04. The molecule has 0 fully saturated rings. The number of methoxy groups -OCH3 is 1. The summed E-state index contributed by atoms with van der Waals surface area (Å²) in [4.78, 5) is 4.08. The van der Waals surface area contributed by atoms with E-state index in [0.717, 1.165) is 11.1 Å². The van der Waals surface area contributed by atoms with Crippen molar-refractivity contribution in [2.24, 2.45) is 0 Å². The molecule has 1 aromatic heterocycles. The maximum Gasteiger partial charge on any atom is 0.212 e. The molecule has 1 aromatic carbocycles. The molecule has 19 heavy (non-hydrogen) atoms. The van der Waals surface area contributed by atoms with E-state index in [1.807, 2.05) is 13.0 Å². The number of benzene rings is 1. The van der Waals surface area contributed by atoms with E-state index in [2.05, 4.69) is 4.98 Å². The van der Waals surface area contributed by atoms with Crippen LogP contribution in [0.3, 0.4) is 0 Å². The van der Waals surface area contributed by atoms with Crippen LogP contribution in [-0.4, -0.2) is 17.2 Å². The number of aliphatic hydroxyl groups excluding tert-OH is 1. The van der Waals surface area contributed by atoms with E-state index in [-0.39, 0.29) is 5.82 Å². The molecule has 0 aliphatic carbocycles. The fourth-order valence-electron chi connectivity index (χ4n) is 1.96.